The molecule has 3 aromatic carbocycles. The van der Waals surface area contributed by atoms with Crippen molar-refractivity contribution in [3.63, 3.8) is 0 Å². The maximum Gasteiger partial charge on any atom is 0.226 e. The van der Waals surface area contributed by atoms with Gasteiger partial charge < -0.3 is 20.1 Å². The molecule has 0 spiro atoms. The average Bonchev–Trinajstić information content (AvgIpc) is 2.79. The third-order valence-electron chi connectivity index (χ3n) is 4.89. The number of ether oxygens (including phenoxy) is 2. The van der Waals surface area contributed by atoms with Crippen LogP contribution in [0.15, 0.2) is 72.8 Å². The van der Waals surface area contributed by atoms with Crippen molar-refractivity contribution in [3.05, 3.63) is 83.9 Å². The smallest absolute Gasteiger partial charge is 0.226 e. The SMILES string of the molecule is COc1cc(CNc2ccc(NC(=O)C(C)C)cc2)ccc1OCCc1ccccc1. The molecular weight excluding hydrogens is 388 g/mol. The molecule has 3 rings (SSSR count). The lowest BCUT2D eigenvalue weighted by Gasteiger charge is -2.13. The van der Waals surface area contributed by atoms with E-state index >= 15 is 0 Å². The minimum atomic E-state index is -0.0435. The second-order valence-corrected chi connectivity index (χ2v) is 7.64. The molecule has 0 saturated carbocycles. The Bertz CT molecular complexity index is 970. The third-order valence-corrected chi connectivity index (χ3v) is 4.89. The second kappa shape index (κ2) is 11.1. The first-order valence-electron chi connectivity index (χ1n) is 10.5. The number of benzene rings is 3. The molecular formula is C26H30N2O3. The second-order valence-electron chi connectivity index (χ2n) is 7.64. The van der Waals surface area contributed by atoms with Crippen molar-refractivity contribution in [3.8, 4) is 11.5 Å². The quantitative estimate of drug-likeness (QED) is 0.455. The summed E-state index contributed by atoms with van der Waals surface area (Å²) in [4.78, 5) is 11.8. The van der Waals surface area contributed by atoms with Crippen molar-refractivity contribution in [2.75, 3.05) is 24.4 Å². The molecule has 0 aliphatic rings. The van der Waals surface area contributed by atoms with Gasteiger partial charge in [-0.2, -0.15) is 0 Å². The van der Waals surface area contributed by atoms with Crippen molar-refractivity contribution in [2.24, 2.45) is 5.92 Å². The molecule has 0 fully saturated rings. The fourth-order valence-corrected chi connectivity index (χ4v) is 3.03. The van der Waals surface area contributed by atoms with E-state index in [2.05, 4.69) is 22.8 Å². The lowest BCUT2D eigenvalue weighted by atomic mass is 10.1. The highest BCUT2D eigenvalue weighted by Gasteiger charge is 2.08. The Kier molecular flexibility index (Phi) is 7.93. The topological polar surface area (TPSA) is 59.6 Å². The third kappa shape index (κ3) is 6.78. The van der Waals surface area contributed by atoms with Gasteiger partial charge in [-0.3, -0.25) is 4.79 Å². The standard InChI is InChI=1S/C26H30N2O3/c1-19(2)26(29)28-23-12-10-22(11-13-23)27-18-21-9-14-24(25(17-21)30-3)31-16-15-20-7-5-4-6-8-20/h4-14,17,19,27H,15-16,18H2,1-3H3,(H,28,29). The molecule has 3 aromatic rings. The number of rotatable bonds is 10. The van der Waals surface area contributed by atoms with Gasteiger partial charge in [0, 0.05) is 30.3 Å². The summed E-state index contributed by atoms with van der Waals surface area (Å²) in [6, 6.07) is 23.9. The normalized spacial score (nSPS) is 10.6. The Hall–Kier alpha value is -3.47. The lowest BCUT2D eigenvalue weighted by molar-refractivity contribution is -0.118. The van der Waals surface area contributed by atoms with Gasteiger partial charge in [-0.15, -0.1) is 0 Å². The van der Waals surface area contributed by atoms with E-state index in [1.807, 2.05) is 74.5 Å². The molecule has 0 aliphatic carbocycles. The van der Waals surface area contributed by atoms with E-state index in [1.165, 1.54) is 5.56 Å². The van der Waals surface area contributed by atoms with Crippen LogP contribution in [0, 0.1) is 5.92 Å². The molecule has 1 amide bonds. The fraction of sp³-hybridized carbons (Fsp3) is 0.269. The first-order valence-corrected chi connectivity index (χ1v) is 10.5. The average molecular weight is 419 g/mol. The molecule has 0 radical (unpaired) electrons. The van der Waals surface area contributed by atoms with Gasteiger partial charge in [0.25, 0.3) is 0 Å². The summed E-state index contributed by atoms with van der Waals surface area (Å²) >= 11 is 0. The van der Waals surface area contributed by atoms with Crippen LogP contribution < -0.4 is 20.1 Å². The molecule has 0 aromatic heterocycles. The summed E-state index contributed by atoms with van der Waals surface area (Å²) in [6.07, 6.45) is 0.848. The van der Waals surface area contributed by atoms with Crippen LogP contribution >= 0.6 is 0 Å². The molecule has 0 saturated heterocycles. The molecule has 31 heavy (non-hydrogen) atoms. The predicted octanol–water partition coefficient (Wildman–Crippen LogP) is 5.52. The molecule has 0 unspecified atom stereocenters. The first kappa shape index (κ1) is 22.2. The van der Waals surface area contributed by atoms with E-state index in [9.17, 15) is 4.79 Å². The lowest BCUT2D eigenvalue weighted by Crippen LogP contribution is -2.17. The highest BCUT2D eigenvalue weighted by molar-refractivity contribution is 5.92. The first-order chi connectivity index (χ1) is 15.0. The fourth-order valence-electron chi connectivity index (χ4n) is 3.03. The van der Waals surface area contributed by atoms with Crippen LogP contribution in [-0.2, 0) is 17.8 Å². The van der Waals surface area contributed by atoms with Crippen molar-refractivity contribution in [1.82, 2.24) is 0 Å². The largest absolute Gasteiger partial charge is 0.493 e. The minimum absolute atomic E-state index is 0.0129. The number of methoxy groups -OCH3 is 1. The van der Waals surface area contributed by atoms with E-state index in [0.29, 0.717) is 13.2 Å². The summed E-state index contributed by atoms with van der Waals surface area (Å²) in [5, 5.41) is 6.28. The summed E-state index contributed by atoms with van der Waals surface area (Å²) in [7, 11) is 1.65. The van der Waals surface area contributed by atoms with Crippen molar-refractivity contribution in [2.45, 2.75) is 26.8 Å². The van der Waals surface area contributed by atoms with E-state index in [-0.39, 0.29) is 11.8 Å². The Morgan fingerprint density at radius 2 is 1.58 bits per heavy atom. The zero-order valence-electron chi connectivity index (χ0n) is 18.4. The van der Waals surface area contributed by atoms with Crippen LogP contribution in [0.3, 0.4) is 0 Å². The highest BCUT2D eigenvalue weighted by Crippen LogP contribution is 2.28. The zero-order valence-corrected chi connectivity index (χ0v) is 18.4. The van der Waals surface area contributed by atoms with Gasteiger partial charge in [0.05, 0.1) is 13.7 Å². The monoisotopic (exact) mass is 418 g/mol. The molecule has 5 heteroatoms. The van der Waals surface area contributed by atoms with Gasteiger partial charge in [-0.25, -0.2) is 0 Å². The Morgan fingerprint density at radius 3 is 2.26 bits per heavy atom. The van der Waals surface area contributed by atoms with Crippen molar-refractivity contribution in [1.29, 1.82) is 0 Å². The summed E-state index contributed by atoms with van der Waals surface area (Å²) in [5.41, 5.74) is 4.11. The van der Waals surface area contributed by atoms with Crippen LogP contribution in [0.1, 0.15) is 25.0 Å². The van der Waals surface area contributed by atoms with Crippen LogP contribution in [0.5, 0.6) is 11.5 Å². The minimum Gasteiger partial charge on any atom is -0.493 e. The summed E-state index contributed by atoms with van der Waals surface area (Å²) < 4.78 is 11.5. The maximum absolute atomic E-state index is 11.8. The van der Waals surface area contributed by atoms with Crippen LogP contribution in [0.2, 0.25) is 0 Å². The van der Waals surface area contributed by atoms with Crippen molar-refractivity contribution < 1.29 is 14.3 Å². The molecule has 5 nitrogen and oxygen atoms in total. The molecule has 0 bridgehead atoms. The van der Waals surface area contributed by atoms with Gasteiger partial charge in [0.15, 0.2) is 11.5 Å². The van der Waals surface area contributed by atoms with E-state index in [0.717, 1.165) is 34.9 Å². The van der Waals surface area contributed by atoms with Crippen LogP contribution in [0.25, 0.3) is 0 Å². The van der Waals surface area contributed by atoms with Crippen molar-refractivity contribution >= 4 is 17.3 Å². The molecule has 0 atom stereocenters. The number of hydrogen-bond acceptors (Lipinski definition) is 4. The number of hydrogen-bond donors (Lipinski definition) is 2. The molecule has 0 heterocycles. The van der Waals surface area contributed by atoms with Gasteiger partial charge in [-0.1, -0.05) is 50.2 Å². The van der Waals surface area contributed by atoms with Gasteiger partial charge in [0.2, 0.25) is 5.91 Å². The van der Waals surface area contributed by atoms with E-state index in [1.54, 1.807) is 7.11 Å². The zero-order chi connectivity index (χ0) is 22.1. The van der Waals surface area contributed by atoms with Crippen LogP contribution in [0.4, 0.5) is 11.4 Å². The molecule has 0 aliphatic heterocycles. The Balaban J connectivity index is 1.53. The number of nitrogens with one attached hydrogen (secondary N) is 2. The molecule has 162 valence electrons. The van der Waals surface area contributed by atoms with E-state index < -0.39 is 0 Å². The van der Waals surface area contributed by atoms with Gasteiger partial charge in [-0.05, 0) is 47.5 Å². The summed E-state index contributed by atoms with van der Waals surface area (Å²) in [5.74, 6) is 1.43. The van der Waals surface area contributed by atoms with Crippen LogP contribution in [-0.4, -0.2) is 19.6 Å². The number of carbonyl (C=O) groups is 1. The number of anilines is 2. The summed E-state index contributed by atoms with van der Waals surface area (Å²) in [6.45, 7) is 4.99. The number of amides is 1. The highest BCUT2D eigenvalue weighted by atomic mass is 16.5. The number of carbonyl (C=O) groups excluding carboxylic acids is 1. The Labute approximate surface area is 184 Å². The Morgan fingerprint density at radius 1 is 0.871 bits per heavy atom. The van der Waals surface area contributed by atoms with Gasteiger partial charge in [0.1, 0.15) is 0 Å². The molecule has 2 N–H and O–H groups in total. The van der Waals surface area contributed by atoms with Gasteiger partial charge >= 0.3 is 0 Å². The maximum atomic E-state index is 11.8. The van der Waals surface area contributed by atoms with E-state index in [4.69, 9.17) is 9.47 Å². The predicted molar refractivity (Wildman–Crippen MR) is 126 cm³/mol.